The zero-order chi connectivity index (χ0) is 11.4. The molecule has 0 radical (unpaired) electrons. The van der Waals surface area contributed by atoms with Crippen molar-refractivity contribution in [3.63, 3.8) is 0 Å². The molecule has 1 aromatic rings. The number of para-hydroxylation sites is 1. The van der Waals surface area contributed by atoms with Crippen molar-refractivity contribution >= 4 is 0 Å². The van der Waals surface area contributed by atoms with Gasteiger partial charge in [-0.05, 0) is 26.3 Å². The van der Waals surface area contributed by atoms with Crippen LogP contribution < -0.4 is 10.5 Å². The zero-order valence-corrected chi connectivity index (χ0v) is 9.46. The maximum atomic E-state index is 13.5. The van der Waals surface area contributed by atoms with Crippen molar-refractivity contribution in [2.75, 3.05) is 0 Å². The van der Waals surface area contributed by atoms with E-state index in [9.17, 15) is 4.39 Å². The third-order valence-corrected chi connectivity index (χ3v) is 2.19. The van der Waals surface area contributed by atoms with Gasteiger partial charge in [-0.3, -0.25) is 0 Å². The van der Waals surface area contributed by atoms with Crippen LogP contribution >= 0.6 is 0 Å². The molecule has 0 fully saturated rings. The maximum absolute atomic E-state index is 13.5. The maximum Gasteiger partial charge on any atom is 0.165 e. The third-order valence-electron chi connectivity index (χ3n) is 2.19. The van der Waals surface area contributed by atoms with Crippen LogP contribution in [0.25, 0.3) is 0 Å². The molecule has 1 atom stereocenters. The quantitative estimate of drug-likeness (QED) is 0.830. The Balaban J connectivity index is 3.08. The lowest BCUT2D eigenvalue weighted by Crippen LogP contribution is -2.14. The van der Waals surface area contributed by atoms with Gasteiger partial charge in [-0.2, -0.15) is 0 Å². The molecule has 2 N–H and O–H groups in total. The average molecular weight is 211 g/mol. The summed E-state index contributed by atoms with van der Waals surface area (Å²) >= 11 is 0. The van der Waals surface area contributed by atoms with Crippen molar-refractivity contribution in [3.05, 3.63) is 29.6 Å². The molecular weight excluding hydrogens is 193 g/mol. The molecule has 0 bridgehead atoms. The van der Waals surface area contributed by atoms with E-state index in [2.05, 4.69) is 0 Å². The highest BCUT2D eigenvalue weighted by Gasteiger charge is 2.15. The first kappa shape index (κ1) is 12.0. The summed E-state index contributed by atoms with van der Waals surface area (Å²) in [5.74, 6) is -0.0491. The molecule has 0 amide bonds. The monoisotopic (exact) mass is 211 g/mol. The minimum absolute atomic E-state index is 0.0512. The Kier molecular flexibility index (Phi) is 4.09. The largest absolute Gasteiger partial charge is 0.488 e. The molecule has 0 aliphatic rings. The van der Waals surface area contributed by atoms with E-state index in [4.69, 9.17) is 10.5 Å². The molecule has 3 heteroatoms. The van der Waals surface area contributed by atoms with Gasteiger partial charge in [-0.1, -0.05) is 19.1 Å². The van der Waals surface area contributed by atoms with Gasteiger partial charge in [-0.15, -0.1) is 0 Å². The van der Waals surface area contributed by atoms with E-state index in [1.807, 2.05) is 26.8 Å². The van der Waals surface area contributed by atoms with Crippen molar-refractivity contribution in [3.8, 4) is 5.75 Å². The van der Waals surface area contributed by atoms with Gasteiger partial charge in [0.05, 0.1) is 6.10 Å². The third kappa shape index (κ3) is 2.93. The van der Waals surface area contributed by atoms with Crippen LogP contribution in [0.3, 0.4) is 0 Å². The van der Waals surface area contributed by atoms with Gasteiger partial charge in [0.1, 0.15) is 0 Å². The van der Waals surface area contributed by atoms with Crippen LogP contribution in [-0.2, 0) is 0 Å². The number of benzene rings is 1. The van der Waals surface area contributed by atoms with Gasteiger partial charge in [0.15, 0.2) is 11.6 Å². The van der Waals surface area contributed by atoms with Crippen LogP contribution in [0, 0.1) is 5.82 Å². The summed E-state index contributed by atoms with van der Waals surface area (Å²) in [6.07, 6.45) is 0.711. The minimum atomic E-state index is -0.342. The number of rotatable bonds is 4. The minimum Gasteiger partial charge on any atom is -0.488 e. The van der Waals surface area contributed by atoms with Crippen LogP contribution in [0.1, 0.15) is 38.8 Å². The van der Waals surface area contributed by atoms with Crippen LogP contribution in [-0.4, -0.2) is 6.10 Å². The normalized spacial score (nSPS) is 12.9. The molecule has 0 saturated heterocycles. The van der Waals surface area contributed by atoms with E-state index < -0.39 is 0 Å². The molecule has 84 valence electrons. The molecule has 0 spiro atoms. The molecule has 2 nitrogen and oxygen atoms in total. The Morgan fingerprint density at radius 3 is 2.60 bits per heavy atom. The molecule has 1 rings (SSSR count). The summed E-state index contributed by atoms with van der Waals surface area (Å²) < 4.78 is 19.0. The summed E-state index contributed by atoms with van der Waals surface area (Å²) in [6, 6.07) is 4.70. The SMILES string of the molecule is CCC(N)c1cccc(F)c1OC(C)C. The van der Waals surface area contributed by atoms with E-state index in [1.165, 1.54) is 6.07 Å². The number of hydrogen-bond donors (Lipinski definition) is 1. The Labute approximate surface area is 90.2 Å². The first-order chi connectivity index (χ1) is 7.06. The lowest BCUT2D eigenvalue weighted by atomic mass is 10.0. The number of nitrogens with two attached hydrogens (primary N) is 1. The number of ether oxygens (including phenoxy) is 1. The Morgan fingerprint density at radius 2 is 2.07 bits per heavy atom. The van der Waals surface area contributed by atoms with Crippen molar-refractivity contribution in [1.29, 1.82) is 0 Å². The highest BCUT2D eigenvalue weighted by molar-refractivity contribution is 5.37. The lowest BCUT2D eigenvalue weighted by Gasteiger charge is -2.18. The molecule has 1 unspecified atom stereocenters. The molecule has 0 aliphatic carbocycles. The van der Waals surface area contributed by atoms with Crippen molar-refractivity contribution in [2.24, 2.45) is 5.73 Å². The predicted molar refractivity (Wildman–Crippen MR) is 59.4 cm³/mol. The topological polar surface area (TPSA) is 35.2 Å². The first-order valence-corrected chi connectivity index (χ1v) is 5.26. The molecule has 0 aliphatic heterocycles. The highest BCUT2D eigenvalue weighted by atomic mass is 19.1. The Hall–Kier alpha value is -1.09. The second-order valence-corrected chi connectivity index (χ2v) is 3.84. The van der Waals surface area contributed by atoms with E-state index in [0.29, 0.717) is 5.75 Å². The summed E-state index contributed by atoms with van der Waals surface area (Å²) in [7, 11) is 0. The molecule has 0 heterocycles. The smallest absolute Gasteiger partial charge is 0.165 e. The number of halogens is 1. The van der Waals surface area contributed by atoms with E-state index in [1.54, 1.807) is 6.07 Å². The molecular formula is C12H18FNO. The summed E-state index contributed by atoms with van der Waals surface area (Å²) in [4.78, 5) is 0. The zero-order valence-electron chi connectivity index (χ0n) is 9.46. The second kappa shape index (κ2) is 5.12. The van der Waals surface area contributed by atoms with Crippen molar-refractivity contribution in [1.82, 2.24) is 0 Å². The van der Waals surface area contributed by atoms with E-state index in [0.717, 1.165) is 12.0 Å². The Morgan fingerprint density at radius 1 is 1.40 bits per heavy atom. The van der Waals surface area contributed by atoms with Gasteiger partial charge < -0.3 is 10.5 Å². The van der Waals surface area contributed by atoms with Gasteiger partial charge in [-0.25, -0.2) is 4.39 Å². The molecule has 15 heavy (non-hydrogen) atoms. The predicted octanol–water partition coefficient (Wildman–Crippen LogP) is 3.02. The molecule has 0 saturated carbocycles. The van der Waals surface area contributed by atoms with Gasteiger partial charge in [0, 0.05) is 11.6 Å². The standard InChI is InChI=1S/C12H18FNO/c1-4-11(14)9-6-5-7-10(13)12(9)15-8(2)3/h5-8,11H,4,14H2,1-3H3. The molecule has 0 aromatic heterocycles. The first-order valence-electron chi connectivity index (χ1n) is 5.26. The van der Waals surface area contributed by atoms with Gasteiger partial charge in [0.2, 0.25) is 0 Å². The Bertz CT molecular complexity index is 325. The summed E-state index contributed by atoms with van der Waals surface area (Å²) in [6.45, 7) is 5.70. The van der Waals surface area contributed by atoms with Gasteiger partial charge in [0.25, 0.3) is 0 Å². The van der Waals surface area contributed by atoms with Crippen LogP contribution in [0.15, 0.2) is 18.2 Å². The fourth-order valence-electron chi connectivity index (χ4n) is 1.40. The second-order valence-electron chi connectivity index (χ2n) is 3.84. The van der Waals surface area contributed by atoms with E-state index in [-0.39, 0.29) is 18.0 Å². The van der Waals surface area contributed by atoms with Crippen LogP contribution in [0.5, 0.6) is 5.75 Å². The average Bonchev–Trinajstić information content (AvgIpc) is 2.19. The summed E-state index contributed by atoms with van der Waals surface area (Å²) in [5.41, 5.74) is 6.63. The van der Waals surface area contributed by atoms with Crippen molar-refractivity contribution in [2.45, 2.75) is 39.3 Å². The fourth-order valence-corrected chi connectivity index (χ4v) is 1.40. The summed E-state index contributed by atoms with van der Waals surface area (Å²) in [5, 5.41) is 0. The van der Waals surface area contributed by atoms with Crippen LogP contribution in [0.2, 0.25) is 0 Å². The van der Waals surface area contributed by atoms with Crippen LogP contribution in [0.4, 0.5) is 4.39 Å². The lowest BCUT2D eigenvalue weighted by molar-refractivity contribution is 0.227. The molecule has 1 aromatic carbocycles. The number of hydrogen-bond acceptors (Lipinski definition) is 2. The fraction of sp³-hybridized carbons (Fsp3) is 0.500. The van der Waals surface area contributed by atoms with Gasteiger partial charge >= 0.3 is 0 Å². The highest BCUT2D eigenvalue weighted by Crippen LogP contribution is 2.29. The van der Waals surface area contributed by atoms with Crippen molar-refractivity contribution < 1.29 is 9.13 Å². The van der Waals surface area contributed by atoms with E-state index >= 15 is 0 Å².